The van der Waals surface area contributed by atoms with E-state index in [-0.39, 0.29) is 16.9 Å². The van der Waals surface area contributed by atoms with E-state index in [2.05, 4.69) is 14.2 Å². The number of carbonyl (C=O) groups excluding carboxylic acids is 3. The third kappa shape index (κ3) is 6.79. The van der Waals surface area contributed by atoms with Gasteiger partial charge >= 0.3 is 19.2 Å². The first kappa shape index (κ1) is 21.7. The molecular formula is C18H13F4NO6. The van der Waals surface area contributed by atoms with E-state index in [1.54, 1.807) is 0 Å². The largest absolute Gasteiger partial charge is 0.452 e. The van der Waals surface area contributed by atoms with Gasteiger partial charge in [0.05, 0.1) is 0 Å². The van der Waals surface area contributed by atoms with Gasteiger partial charge in [0.2, 0.25) is 0 Å². The Hall–Kier alpha value is -3.63. The number of ether oxygens (including phenoxy) is 3. The molecule has 0 bridgehead atoms. The van der Waals surface area contributed by atoms with Crippen LogP contribution in [-0.4, -0.2) is 37.6 Å². The van der Waals surface area contributed by atoms with E-state index in [0.717, 1.165) is 36.4 Å². The van der Waals surface area contributed by atoms with Crippen LogP contribution in [0, 0.1) is 0 Å². The Morgan fingerprint density at radius 1 is 0.862 bits per heavy atom. The molecule has 0 fully saturated rings. The number of alkyl halides is 4. The fraction of sp³-hybridized carbons (Fsp3) is 0.167. The second-order valence-electron chi connectivity index (χ2n) is 5.23. The molecule has 0 radical (unpaired) electrons. The summed E-state index contributed by atoms with van der Waals surface area (Å²) in [5.74, 6) is -3.60. The lowest BCUT2D eigenvalue weighted by atomic mass is 10.2. The molecule has 2 aromatic carbocycles. The van der Waals surface area contributed by atoms with Crippen LogP contribution in [0.3, 0.4) is 0 Å². The van der Waals surface area contributed by atoms with Gasteiger partial charge in [0.25, 0.3) is 11.8 Å². The van der Waals surface area contributed by atoms with E-state index in [0.29, 0.717) is 0 Å². The number of para-hydroxylation sites is 1. The Balaban J connectivity index is 1.89. The van der Waals surface area contributed by atoms with Crippen LogP contribution in [-0.2, 0) is 9.53 Å². The standard InChI is InChI=1S/C18H13F4NO6/c19-17(20)28-11-7-5-10(6-8-11)15(25)23-14(24)9-27-16(26)12-3-1-2-4-13(12)29-18(21)22/h1-8,17-18H,9H2,(H,23,24,25). The van der Waals surface area contributed by atoms with Gasteiger partial charge < -0.3 is 14.2 Å². The molecule has 2 aromatic rings. The van der Waals surface area contributed by atoms with Crippen LogP contribution in [0.25, 0.3) is 0 Å². The lowest BCUT2D eigenvalue weighted by Gasteiger charge is -2.10. The van der Waals surface area contributed by atoms with Crippen molar-refractivity contribution in [2.24, 2.45) is 0 Å². The number of nitrogens with one attached hydrogen (secondary N) is 1. The normalized spacial score (nSPS) is 10.6. The molecule has 29 heavy (non-hydrogen) atoms. The zero-order chi connectivity index (χ0) is 21.4. The Labute approximate surface area is 161 Å². The molecule has 0 aromatic heterocycles. The fourth-order valence-electron chi connectivity index (χ4n) is 2.07. The molecule has 0 unspecified atom stereocenters. The lowest BCUT2D eigenvalue weighted by molar-refractivity contribution is -0.123. The van der Waals surface area contributed by atoms with Gasteiger partial charge in [-0.1, -0.05) is 12.1 Å². The number of hydrogen-bond acceptors (Lipinski definition) is 6. The highest BCUT2D eigenvalue weighted by atomic mass is 19.3. The van der Waals surface area contributed by atoms with E-state index in [4.69, 9.17) is 0 Å². The van der Waals surface area contributed by atoms with Gasteiger partial charge in [-0.2, -0.15) is 17.6 Å². The van der Waals surface area contributed by atoms with Crippen molar-refractivity contribution in [3.63, 3.8) is 0 Å². The molecule has 11 heteroatoms. The van der Waals surface area contributed by atoms with Crippen LogP contribution in [0.2, 0.25) is 0 Å². The summed E-state index contributed by atoms with van der Waals surface area (Å²) in [5.41, 5.74) is -0.372. The van der Waals surface area contributed by atoms with Gasteiger partial charge in [-0.3, -0.25) is 14.9 Å². The van der Waals surface area contributed by atoms with E-state index in [9.17, 15) is 31.9 Å². The lowest BCUT2D eigenvalue weighted by Crippen LogP contribution is -2.34. The summed E-state index contributed by atoms with van der Waals surface area (Å²) in [6, 6.07) is 9.50. The zero-order valence-electron chi connectivity index (χ0n) is 14.4. The summed E-state index contributed by atoms with van der Waals surface area (Å²) in [6.07, 6.45) is 0. The van der Waals surface area contributed by atoms with E-state index in [1.165, 1.54) is 12.1 Å². The molecule has 0 aliphatic carbocycles. The smallest absolute Gasteiger partial charge is 0.387 e. The Morgan fingerprint density at radius 2 is 1.48 bits per heavy atom. The predicted molar refractivity (Wildman–Crippen MR) is 88.9 cm³/mol. The van der Waals surface area contributed by atoms with Crippen molar-refractivity contribution < 1.29 is 46.2 Å². The van der Waals surface area contributed by atoms with Gasteiger partial charge in [0, 0.05) is 5.56 Å². The average Bonchev–Trinajstić information content (AvgIpc) is 2.66. The molecule has 2 amide bonds. The van der Waals surface area contributed by atoms with E-state index < -0.39 is 43.4 Å². The highest BCUT2D eigenvalue weighted by Crippen LogP contribution is 2.21. The van der Waals surface area contributed by atoms with Gasteiger partial charge in [0.15, 0.2) is 6.61 Å². The van der Waals surface area contributed by atoms with Gasteiger partial charge in [-0.05, 0) is 36.4 Å². The second-order valence-corrected chi connectivity index (χ2v) is 5.23. The summed E-state index contributed by atoms with van der Waals surface area (Å²) in [7, 11) is 0. The van der Waals surface area contributed by atoms with Crippen molar-refractivity contribution in [2.75, 3.05) is 6.61 Å². The number of amides is 2. The molecule has 0 saturated carbocycles. The molecule has 0 saturated heterocycles. The van der Waals surface area contributed by atoms with Crippen molar-refractivity contribution in [3.8, 4) is 11.5 Å². The number of benzene rings is 2. The number of halogens is 4. The van der Waals surface area contributed by atoms with E-state index >= 15 is 0 Å². The van der Waals surface area contributed by atoms with E-state index in [1.807, 2.05) is 5.32 Å². The zero-order valence-corrected chi connectivity index (χ0v) is 14.4. The highest BCUT2D eigenvalue weighted by Gasteiger charge is 2.18. The third-order valence-corrected chi connectivity index (χ3v) is 3.25. The summed E-state index contributed by atoms with van der Waals surface area (Å²) in [4.78, 5) is 35.6. The maximum absolute atomic E-state index is 12.3. The van der Waals surface area contributed by atoms with Crippen LogP contribution in [0.15, 0.2) is 48.5 Å². The van der Waals surface area contributed by atoms with Crippen molar-refractivity contribution in [2.45, 2.75) is 13.2 Å². The summed E-state index contributed by atoms with van der Waals surface area (Å²) in [6.45, 7) is -7.07. The van der Waals surface area contributed by atoms with Gasteiger partial charge in [0.1, 0.15) is 17.1 Å². The molecule has 0 heterocycles. The number of esters is 1. The molecular weight excluding hydrogens is 402 g/mol. The quantitative estimate of drug-likeness (QED) is 0.527. The molecule has 0 aliphatic heterocycles. The van der Waals surface area contributed by atoms with Crippen LogP contribution < -0.4 is 14.8 Å². The maximum atomic E-state index is 12.3. The summed E-state index contributed by atoms with van der Waals surface area (Å²) in [5, 5.41) is 1.91. The van der Waals surface area contributed by atoms with Crippen LogP contribution in [0.5, 0.6) is 11.5 Å². The third-order valence-electron chi connectivity index (χ3n) is 3.25. The number of rotatable bonds is 8. The molecule has 154 valence electrons. The molecule has 1 N–H and O–H groups in total. The van der Waals surface area contributed by atoms with Crippen LogP contribution in [0.1, 0.15) is 20.7 Å². The second kappa shape index (κ2) is 10.1. The number of hydrogen-bond donors (Lipinski definition) is 1. The summed E-state index contributed by atoms with van der Waals surface area (Å²) >= 11 is 0. The van der Waals surface area contributed by atoms with Crippen molar-refractivity contribution >= 4 is 17.8 Å². The Kier molecular flexibility index (Phi) is 7.52. The molecule has 7 nitrogen and oxygen atoms in total. The topological polar surface area (TPSA) is 90.9 Å². The van der Waals surface area contributed by atoms with Crippen molar-refractivity contribution in [1.82, 2.24) is 5.32 Å². The predicted octanol–water partition coefficient (Wildman–Crippen LogP) is 3.00. The molecule has 0 spiro atoms. The van der Waals surface area contributed by atoms with Gasteiger partial charge in [-0.15, -0.1) is 0 Å². The SMILES string of the molecule is O=C(COC(=O)c1ccccc1OC(F)F)NC(=O)c1ccc(OC(F)F)cc1. The monoisotopic (exact) mass is 415 g/mol. The van der Waals surface area contributed by atoms with Crippen molar-refractivity contribution in [3.05, 3.63) is 59.7 Å². The average molecular weight is 415 g/mol. The molecule has 0 atom stereocenters. The van der Waals surface area contributed by atoms with Crippen molar-refractivity contribution in [1.29, 1.82) is 0 Å². The number of imide groups is 1. The minimum atomic E-state index is -3.16. The first-order valence-electron chi connectivity index (χ1n) is 7.86. The summed E-state index contributed by atoms with van der Waals surface area (Å²) < 4.78 is 61.8. The van der Waals surface area contributed by atoms with Crippen LogP contribution in [0.4, 0.5) is 17.6 Å². The number of carbonyl (C=O) groups is 3. The van der Waals surface area contributed by atoms with Crippen LogP contribution >= 0.6 is 0 Å². The first-order valence-corrected chi connectivity index (χ1v) is 7.86. The molecule has 0 aliphatic rings. The Morgan fingerprint density at radius 3 is 2.10 bits per heavy atom. The Bertz CT molecular complexity index is 873. The fourth-order valence-corrected chi connectivity index (χ4v) is 2.07. The minimum absolute atomic E-state index is 0.0398. The highest BCUT2D eigenvalue weighted by molar-refractivity contribution is 6.05. The van der Waals surface area contributed by atoms with Gasteiger partial charge in [-0.25, -0.2) is 4.79 Å². The minimum Gasteiger partial charge on any atom is -0.452 e. The first-order chi connectivity index (χ1) is 13.8. The maximum Gasteiger partial charge on any atom is 0.387 e. The molecule has 2 rings (SSSR count).